The van der Waals surface area contributed by atoms with E-state index in [1.54, 1.807) is 6.20 Å². The van der Waals surface area contributed by atoms with Gasteiger partial charge >= 0.3 is 0 Å². The van der Waals surface area contributed by atoms with Crippen LogP contribution in [-0.2, 0) is 13.5 Å². The number of amides is 1. The van der Waals surface area contributed by atoms with Crippen molar-refractivity contribution in [3.05, 3.63) is 65.5 Å². The number of fused-ring (bicyclic) bond motifs is 1. The fraction of sp³-hybridized carbons (Fsp3) is 0.391. The maximum Gasteiger partial charge on any atom is 0.255 e. The topological polar surface area (TPSA) is 38.1 Å². The Bertz CT molecular complexity index is 984. The van der Waals surface area contributed by atoms with Gasteiger partial charge in [-0.15, -0.1) is 0 Å². The molecule has 1 amide bonds. The molecule has 3 aromatic rings. The van der Waals surface area contributed by atoms with E-state index in [0.717, 1.165) is 17.5 Å². The van der Waals surface area contributed by atoms with Gasteiger partial charge in [0.1, 0.15) is 5.65 Å². The predicted molar refractivity (Wildman–Crippen MR) is 109 cm³/mol. The van der Waals surface area contributed by atoms with E-state index in [2.05, 4.69) is 41.7 Å². The minimum Gasteiger partial charge on any atom is -0.336 e. The molecular weight excluding hydrogens is 334 g/mol. The zero-order valence-electron chi connectivity index (χ0n) is 16.6. The molecule has 0 spiro atoms. The molecule has 4 rings (SSSR count). The first-order valence-corrected chi connectivity index (χ1v) is 9.64. The molecule has 0 atom stereocenters. The summed E-state index contributed by atoms with van der Waals surface area (Å²) in [6, 6.07) is 12.4. The first kappa shape index (κ1) is 17.8. The fourth-order valence-electron chi connectivity index (χ4n) is 3.81. The van der Waals surface area contributed by atoms with Crippen molar-refractivity contribution in [1.29, 1.82) is 0 Å². The van der Waals surface area contributed by atoms with Crippen LogP contribution in [0, 0.1) is 0 Å². The van der Waals surface area contributed by atoms with Crippen molar-refractivity contribution in [2.75, 3.05) is 7.05 Å². The van der Waals surface area contributed by atoms with Crippen molar-refractivity contribution < 1.29 is 4.79 Å². The zero-order valence-corrected chi connectivity index (χ0v) is 16.6. The lowest BCUT2D eigenvalue weighted by Crippen LogP contribution is -2.46. The number of aryl methyl sites for hydroxylation is 1. The molecule has 1 aliphatic carbocycles. The highest BCUT2D eigenvalue weighted by molar-refractivity contribution is 5.98. The van der Waals surface area contributed by atoms with Gasteiger partial charge in [0.15, 0.2) is 0 Å². The SMILES string of the molecule is CN(C(=O)c1cnc2c(c1)c(C1CC1)cn2C)C(C)(C)Cc1ccccc1. The summed E-state index contributed by atoms with van der Waals surface area (Å²) in [5.41, 5.74) is 3.90. The summed E-state index contributed by atoms with van der Waals surface area (Å²) in [5, 5.41) is 1.13. The number of pyridine rings is 1. The second-order valence-corrected chi connectivity index (χ2v) is 8.40. The van der Waals surface area contributed by atoms with Crippen molar-refractivity contribution >= 4 is 16.9 Å². The van der Waals surface area contributed by atoms with Gasteiger partial charge in [-0.25, -0.2) is 4.98 Å². The number of carbonyl (C=O) groups excluding carboxylic acids is 1. The molecule has 0 aliphatic heterocycles. The van der Waals surface area contributed by atoms with Crippen LogP contribution in [0.4, 0.5) is 0 Å². The standard InChI is InChI=1S/C23H27N3O/c1-23(2,13-16-8-6-5-7-9-16)26(4)22(27)18-12-19-20(17-10-11-17)15-25(3)21(19)24-14-18/h5-9,12,14-15,17H,10-11,13H2,1-4H3. The predicted octanol–water partition coefficient (Wildman–Crippen LogP) is 4.54. The molecule has 2 aromatic heterocycles. The van der Waals surface area contributed by atoms with Crippen molar-refractivity contribution in [3.63, 3.8) is 0 Å². The number of hydrogen-bond acceptors (Lipinski definition) is 2. The van der Waals surface area contributed by atoms with E-state index in [1.165, 1.54) is 24.0 Å². The third-order valence-electron chi connectivity index (χ3n) is 5.80. The first-order valence-electron chi connectivity index (χ1n) is 9.64. The molecule has 1 saturated carbocycles. The molecule has 140 valence electrons. The Morgan fingerprint density at radius 2 is 1.96 bits per heavy atom. The molecule has 27 heavy (non-hydrogen) atoms. The fourth-order valence-corrected chi connectivity index (χ4v) is 3.81. The minimum atomic E-state index is -0.288. The van der Waals surface area contributed by atoms with Crippen LogP contribution in [-0.4, -0.2) is 32.9 Å². The Labute approximate surface area is 160 Å². The van der Waals surface area contributed by atoms with Gasteiger partial charge in [0, 0.05) is 37.4 Å². The van der Waals surface area contributed by atoms with E-state index in [-0.39, 0.29) is 11.4 Å². The minimum absolute atomic E-state index is 0.0240. The molecule has 0 unspecified atom stereocenters. The molecule has 0 radical (unpaired) electrons. The maximum absolute atomic E-state index is 13.2. The summed E-state index contributed by atoms with van der Waals surface area (Å²) in [6.45, 7) is 4.23. The van der Waals surface area contributed by atoms with Crippen molar-refractivity contribution in [1.82, 2.24) is 14.5 Å². The van der Waals surface area contributed by atoms with E-state index in [4.69, 9.17) is 0 Å². The smallest absolute Gasteiger partial charge is 0.255 e. The number of benzene rings is 1. The van der Waals surface area contributed by atoms with E-state index < -0.39 is 0 Å². The third-order valence-corrected chi connectivity index (χ3v) is 5.80. The van der Waals surface area contributed by atoms with Crippen molar-refractivity contribution in [2.24, 2.45) is 7.05 Å². The van der Waals surface area contributed by atoms with Crippen LogP contribution in [0.1, 0.15) is 54.1 Å². The second-order valence-electron chi connectivity index (χ2n) is 8.40. The Morgan fingerprint density at radius 3 is 2.63 bits per heavy atom. The van der Waals surface area contributed by atoms with Crippen LogP contribution in [0.5, 0.6) is 0 Å². The van der Waals surface area contributed by atoms with Gasteiger partial charge in [-0.2, -0.15) is 0 Å². The summed E-state index contributed by atoms with van der Waals surface area (Å²) in [6.07, 6.45) is 7.18. The summed E-state index contributed by atoms with van der Waals surface area (Å²) in [7, 11) is 3.92. The Hall–Kier alpha value is -2.62. The summed E-state index contributed by atoms with van der Waals surface area (Å²) >= 11 is 0. The number of aromatic nitrogens is 2. The van der Waals surface area contributed by atoms with Gasteiger partial charge in [-0.05, 0) is 56.2 Å². The van der Waals surface area contributed by atoms with Crippen LogP contribution in [0.3, 0.4) is 0 Å². The number of likely N-dealkylation sites (N-methyl/N-ethyl adjacent to an activating group) is 1. The lowest BCUT2D eigenvalue weighted by molar-refractivity contribution is 0.0627. The van der Waals surface area contributed by atoms with Crippen LogP contribution in [0.2, 0.25) is 0 Å². The quantitative estimate of drug-likeness (QED) is 0.669. The van der Waals surface area contributed by atoms with E-state index in [0.29, 0.717) is 11.5 Å². The van der Waals surface area contributed by atoms with Crippen molar-refractivity contribution in [3.8, 4) is 0 Å². The Morgan fingerprint density at radius 1 is 1.26 bits per heavy atom. The lowest BCUT2D eigenvalue weighted by atomic mass is 9.92. The monoisotopic (exact) mass is 361 g/mol. The number of rotatable bonds is 5. The average Bonchev–Trinajstić information content (AvgIpc) is 3.45. The van der Waals surface area contributed by atoms with Gasteiger partial charge in [0.25, 0.3) is 5.91 Å². The number of hydrogen-bond donors (Lipinski definition) is 0. The van der Waals surface area contributed by atoms with Gasteiger partial charge < -0.3 is 9.47 Å². The van der Waals surface area contributed by atoms with Crippen LogP contribution in [0.25, 0.3) is 11.0 Å². The molecule has 4 nitrogen and oxygen atoms in total. The molecule has 2 heterocycles. The average molecular weight is 361 g/mol. The largest absolute Gasteiger partial charge is 0.336 e. The molecule has 4 heteroatoms. The molecular formula is C23H27N3O. The molecule has 0 N–H and O–H groups in total. The second kappa shape index (κ2) is 6.52. The summed E-state index contributed by atoms with van der Waals surface area (Å²) in [5.74, 6) is 0.657. The third kappa shape index (κ3) is 3.36. The Kier molecular flexibility index (Phi) is 4.29. The highest BCUT2D eigenvalue weighted by Crippen LogP contribution is 2.43. The van der Waals surface area contributed by atoms with E-state index >= 15 is 0 Å². The summed E-state index contributed by atoms with van der Waals surface area (Å²) in [4.78, 5) is 19.7. The highest BCUT2D eigenvalue weighted by Gasteiger charge is 2.31. The zero-order chi connectivity index (χ0) is 19.2. The van der Waals surface area contributed by atoms with Gasteiger partial charge in [-0.1, -0.05) is 30.3 Å². The highest BCUT2D eigenvalue weighted by atomic mass is 16.2. The van der Waals surface area contributed by atoms with Crippen LogP contribution in [0.15, 0.2) is 48.8 Å². The van der Waals surface area contributed by atoms with Gasteiger partial charge in [0.2, 0.25) is 0 Å². The number of carbonyl (C=O) groups is 1. The number of nitrogens with zero attached hydrogens (tertiary/aromatic N) is 3. The lowest BCUT2D eigenvalue weighted by Gasteiger charge is -2.36. The van der Waals surface area contributed by atoms with Crippen molar-refractivity contribution in [2.45, 2.75) is 44.6 Å². The summed E-state index contributed by atoms with van der Waals surface area (Å²) < 4.78 is 2.07. The molecule has 0 bridgehead atoms. The molecule has 1 fully saturated rings. The van der Waals surface area contributed by atoms with E-state index in [1.807, 2.05) is 43.3 Å². The normalized spacial score (nSPS) is 14.5. The van der Waals surface area contributed by atoms with E-state index in [9.17, 15) is 4.79 Å². The molecule has 1 aliphatic rings. The van der Waals surface area contributed by atoms with Crippen LogP contribution >= 0.6 is 0 Å². The van der Waals surface area contributed by atoms with Gasteiger partial charge in [-0.3, -0.25) is 4.79 Å². The first-order chi connectivity index (χ1) is 12.9. The molecule has 0 saturated heterocycles. The molecule has 1 aromatic carbocycles. The maximum atomic E-state index is 13.2. The van der Waals surface area contributed by atoms with Crippen LogP contribution < -0.4 is 0 Å². The van der Waals surface area contributed by atoms with Gasteiger partial charge in [0.05, 0.1) is 5.56 Å². The Balaban J connectivity index is 1.62.